The predicted molar refractivity (Wildman–Crippen MR) is 116 cm³/mol. The highest BCUT2D eigenvalue weighted by Crippen LogP contribution is 2.51. The van der Waals surface area contributed by atoms with E-state index in [9.17, 15) is 0 Å². The molecule has 3 aliphatic carbocycles. The van der Waals surface area contributed by atoms with Crippen LogP contribution in [-0.2, 0) is 6.42 Å². The fourth-order valence-electron chi connectivity index (χ4n) is 4.29. The zero-order chi connectivity index (χ0) is 18.4. The Labute approximate surface area is 178 Å². The minimum Gasteiger partial charge on any atom is -0.380 e. The van der Waals surface area contributed by atoms with Gasteiger partial charge in [-0.05, 0) is 93.9 Å². The molecule has 1 aromatic carbocycles. The third-order valence-corrected chi connectivity index (χ3v) is 8.64. The van der Waals surface area contributed by atoms with Crippen LogP contribution in [0.1, 0.15) is 31.2 Å². The molecule has 3 nitrogen and oxygen atoms in total. The monoisotopic (exact) mass is 545 g/mol. The Bertz CT molecular complexity index is 916. The van der Waals surface area contributed by atoms with E-state index < -0.39 is 0 Å². The van der Waals surface area contributed by atoms with E-state index in [1.165, 1.54) is 19.3 Å². The molecule has 3 saturated carbocycles. The average molecular weight is 546 g/mol. The Morgan fingerprint density at radius 2 is 2.19 bits per heavy atom. The van der Waals surface area contributed by atoms with E-state index in [1.807, 2.05) is 12.3 Å². The molecule has 0 aliphatic heterocycles. The number of aryl methyl sites for hydroxylation is 1. The fourth-order valence-corrected chi connectivity index (χ4v) is 6.48. The summed E-state index contributed by atoms with van der Waals surface area (Å²) in [6.07, 6.45) is 6.78. The summed E-state index contributed by atoms with van der Waals surface area (Å²) >= 11 is 7.24. The SMILES string of the molecule is CSc1nc2c(F)c(Br)c(CCC#N)cc2c(NC2C3CCC2C3)c1I. The number of nitriles is 1. The van der Waals surface area contributed by atoms with Crippen molar-refractivity contribution in [1.82, 2.24) is 4.98 Å². The van der Waals surface area contributed by atoms with Crippen molar-refractivity contribution in [1.29, 1.82) is 5.26 Å². The molecule has 3 aliphatic rings. The molecule has 2 atom stereocenters. The summed E-state index contributed by atoms with van der Waals surface area (Å²) in [4.78, 5) is 4.59. The summed E-state index contributed by atoms with van der Waals surface area (Å²) in [5.41, 5.74) is 2.23. The maximum absolute atomic E-state index is 15.1. The van der Waals surface area contributed by atoms with Crippen LogP contribution >= 0.6 is 50.3 Å². The number of rotatable bonds is 5. The molecule has 3 fully saturated rings. The number of nitrogens with one attached hydrogen (secondary N) is 1. The maximum Gasteiger partial charge on any atom is 0.163 e. The highest BCUT2D eigenvalue weighted by atomic mass is 127. The molecule has 0 saturated heterocycles. The van der Waals surface area contributed by atoms with Crippen LogP contribution in [0.5, 0.6) is 0 Å². The van der Waals surface area contributed by atoms with E-state index in [2.05, 4.69) is 54.9 Å². The van der Waals surface area contributed by atoms with E-state index in [1.54, 1.807) is 11.8 Å². The largest absolute Gasteiger partial charge is 0.380 e. The second-order valence-corrected chi connectivity index (χ2v) is 9.70. The van der Waals surface area contributed by atoms with Gasteiger partial charge in [0.25, 0.3) is 0 Å². The predicted octanol–water partition coefficient (Wildman–Crippen LogP) is 6.13. The molecular weight excluding hydrogens is 528 g/mol. The number of thioether (sulfide) groups is 1. The maximum atomic E-state index is 15.1. The van der Waals surface area contributed by atoms with Crippen LogP contribution in [0, 0.1) is 32.6 Å². The van der Waals surface area contributed by atoms with Crippen molar-refractivity contribution in [2.24, 2.45) is 11.8 Å². The summed E-state index contributed by atoms with van der Waals surface area (Å²) in [6.45, 7) is 0. The third kappa shape index (κ3) is 3.02. The van der Waals surface area contributed by atoms with Crippen LogP contribution < -0.4 is 5.32 Å². The quantitative estimate of drug-likeness (QED) is 0.363. The number of anilines is 1. The summed E-state index contributed by atoms with van der Waals surface area (Å²) in [5.74, 6) is 1.16. The lowest BCUT2D eigenvalue weighted by Crippen LogP contribution is -2.40. The number of fused-ring (bicyclic) bond motifs is 2. The molecule has 0 radical (unpaired) electrons. The Kier molecular flexibility index (Phi) is 5.37. The molecule has 1 N–H and O–H groups in total. The van der Waals surface area contributed by atoms with Gasteiger partial charge in [0.2, 0.25) is 0 Å². The standard InChI is InChI=1S/C19H18BrFIN3S/c1-26-19-15(22)18(24-16-10-4-5-11(16)7-10)12-8-9(3-2-6-23)13(20)14(21)17(12)25-19/h8,10-11,16H,2-5,7H2,1H3,(H,24,25). The van der Waals surface area contributed by atoms with Crippen LogP contribution in [-0.4, -0.2) is 17.3 Å². The third-order valence-electron chi connectivity index (χ3n) is 5.69. The lowest BCUT2D eigenvalue weighted by molar-refractivity contribution is 0.263. The second-order valence-electron chi connectivity index (χ2n) is 7.03. The molecule has 0 amide bonds. The zero-order valence-electron chi connectivity index (χ0n) is 14.3. The first-order valence-electron chi connectivity index (χ1n) is 8.72. The van der Waals surface area contributed by atoms with Crippen LogP contribution in [0.2, 0.25) is 0 Å². The lowest BCUT2D eigenvalue weighted by Gasteiger charge is -2.37. The van der Waals surface area contributed by atoms with Crippen molar-refractivity contribution in [3.63, 3.8) is 0 Å². The number of benzene rings is 1. The van der Waals surface area contributed by atoms with Crippen molar-refractivity contribution < 1.29 is 4.39 Å². The van der Waals surface area contributed by atoms with Gasteiger partial charge in [0.1, 0.15) is 10.5 Å². The Balaban J connectivity index is 1.87. The van der Waals surface area contributed by atoms with Gasteiger partial charge in [-0.2, -0.15) is 5.26 Å². The minimum atomic E-state index is -0.332. The second kappa shape index (κ2) is 7.44. The number of hydrogen-bond donors (Lipinski definition) is 1. The van der Waals surface area contributed by atoms with Gasteiger partial charge in [0.15, 0.2) is 5.82 Å². The summed E-state index contributed by atoms with van der Waals surface area (Å²) in [5, 5.41) is 14.3. The van der Waals surface area contributed by atoms with Crippen molar-refractivity contribution in [3.8, 4) is 6.07 Å². The van der Waals surface area contributed by atoms with Crippen molar-refractivity contribution in [2.75, 3.05) is 11.6 Å². The van der Waals surface area contributed by atoms with E-state index >= 15 is 4.39 Å². The Hall–Kier alpha value is -0.590. The number of pyridine rings is 1. The summed E-state index contributed by atoms with van der Waals surface area (Å²) < 4.78 is 16.6. The van der Waals surface area contributed by atoms with Crippen LogP contribution in [0.15, 0.2) is 15.6 Å². The summed E-state index contributed by atoms with van der Waals surface area (Å²) in [7, 11) is 0. The average Bonchev–Trinajstić information content (AvgIpc) is 3.27. The highest BCUT2D eigenvalue weighted by molar-refractivity contribution is 14.1. The van der Waals surface area contributed by atoms with Crippen molar-refractivity contribution in [3.05, 3.63) is 25.5 Å². The molecule has 26 heavy (non-hydrogen) atoms. The van der Waals surface area contributed by atoms with Gasteiger partial charge in [-0.1, -0.05) is 0 Å². The molecule has 1 aromatic heterocycles. The molecule has 2 bridgehead atoms. The number of hydrogen-bond acceptors (Lipinski definition) is 4. The van der Waals surface area contributed by atoms with E-state index in [0.29, 0.717) is 28.9 Å². The molecular formula is C19H18BrFIN3S. The number of aromatic nitrogens is 1. The van der Waals surface area contributed by atoms with Gasteiger partial charge in [-0.3, -0.25) is 0 Å². The van der Waals surface area contributed by atoms with Gasteiger partial charge < -0.3 is 5.32 Å². The Morgan fingerprint density at radius 1 is 1.46 bits per heavy atom. The van der Waals surface area contributed by atoms with Crippen LogP contribution in [0.3, 0.4) is 0 Å². The first kappa shape index (κ1) is 18.8. The van der Waals surface area contributed by atoms with Crippen LogP contribution in [0.4, 0.5) is 10.1 Å². The summed E-state index contributed by atoms with van der Waals surface area (Å²) in [6, 6.07) is 4.65. The molecule has 136 valence electrons. The van der Waals surface area contributed by atoms with E-state index in [0.717, 1.165) is 37.1 Å². The first-order chi connectivity index (χ1) is 12.5. The fraction of sp³-hybridized carbons (Fsp3) is 0.474. The lowest BCUT2D eigenvalue weighted by atomic mass is 9.78. The first-order valence-corrected chi connectivity index (χ1v) is 11.8. The zero-order valence-corrected chi connectivity index (χ0v) is 18.8. The molecule has 0 spiro atoms. The molecule has 2 aromatic rings. The molecule has 5 rings (SSSR count). The molecule has 7 heteroatoms. The van der Waals surface area contributed by atoms with Crippen LogP contribution in [0.25, 0.3) is 10.9 Å². The van der Waals surface area contributed by atoms with Crippen molar-refractivity contribution >= 4 is 66.9 Å². The van der Waals surface area contributed by atoms with E-state index in [-0.39, 0.29) is 5.82 Å². The number of halogens is 3. The van der Waals surface area contributed by atoms with Gasteiger partial charge in [-0.25, -0.2) is 9.37 Å². The Morgan fingerprint density at radius 3 is 2.81 bits per heavy atom. The van der Waals surface area contributed by atoms with Crippen molar-refractivity contribution in [2.45, 2.75) is 43.2 Å². The van der Waals surface area contributed by atoms with Gasteiger partial charge >= 0.3 is 0 Å². The minimum absolute atomic E-state index is 0.332. The van der Waals surface area contributed by atoms with Gasteiger partial charge in [0, 0.05) is 17.8 Å². The molecule has 1 heterocycles. The topological polar surface area (TPSA) is 48.7 Å². The normalized spacial score (nSPS) is 23.7. The van der Waals surface area contributed by atoms with Gasteiger partial charge in [0.05, 0.1) is 19.8 Å². The smallest absolute Gasteiger partial charge is 0.163 e. The molecule has 2 unspecified atom stereocenters. The number of nitrogens with zero attached hydrogens (tertiary/aromatic N) is 2. The van der Waals surface area contributed by atoms with Gasteiger partial charge in [-0.15, -0.1) is 11.8 Å². The van der Waals surface area contributed by atoms with E-state index in [4.69, 9.17) is 5.26 Å². The highest BCUT2D eigenvalue weighted by Gasteiger charge is 2.46.